The number of benzene rings is 2. The van der Waals surface area contributed by atoms with Crippen molar-refractivity contribution in [1.29, 1.82) is 0 Å². The molecule has 4 unspecified atom stereocenters. The molecule has 0 fully saturated rings. The summed E-state index contributed by atoms with van der Waals surface area (Å²) >= 11 is 25.1. The number of Topliss-reactive ketones (excluding diaryl/α,β-unsaturated/α-hetero) is 1. The average molecular weight is 580 g/mol. The van der Waals surface area contributed by atoms with E-state index in [-0.39, 0.29) is 36.2 Å². The van der Waals surface area contributed by atoms with Crippen LogP contribution >= 0.6 is 46.4 Å². The van der Waals surface area contributed by atoms with Crippen molar-refractivity contribution in [3.63, 3.8) is 0 Å². The number of aliphatic hydroxyl groups is 1. The number of hydrogen-bond acceptors (Lipinski definition) is 4. The second-order valence-electron chi connectivity index (χ2n) is 9.87. The van der Waals surface area contributed by atoms with Gasteiger partial charge in [0, 0.05) is 33.5 Å². The van der Waals surface area contributed by atoms with E-state index in [0.29, 0.717) is 39.3 Å². The number of anilines is 1. The van der Waals surface area contributed by atoms with E-state index >= 15 is 0 Å². The molecular formula is C29H30Cl4N2O2. The van der Waals surface area contributed by atoms with Gasteiger partial charge >= 0.3 is 0 Å². The number of aliphatic hydroxyl groups excluding tert-OH is 1. The lowest BCUT2D eigenvalue weighted by Gasteiger charge is -2.28. The third-order valence-electron chi connectivity index (χ3n) is 7.05. The van der Waals surface area contributed by atoms with Gasteiger partial charge in [-0.2, -0.15) is 5.10 Å². The van der Waals surface area contributed by atoms with Crippen LogP contribution in [-0.2, 0) is 4.79 Å². The van der Waals surface area contributed by atoms with Gasteiger partial charge < -0.3 is 5.11 Å². The molecular weight excluding hydrogens is 550 g/mol. The molecule has 1 N–H and O–H groups in total. The summed E-state index contributed by atoms with van der Waals surface area (Å²) in [4.78, 5) is 13.7. The minimum Gasteiger partial charge on any atom is -0.396 e. The van der Waals surface area contributed by atoms with Crippen molar-refractivity contribution < 1.29 is 9.90 Å². The fraction of sp³-hybridized carbons (Fsp3) is 0.379. The summed E-state index contributed by atoms with van der Waals surface area (Å²) in [5, 5.41) is 19.2. The van der Waals surface area contributed by atoms with E-state index in [1.54, 1.807) is 12.1 Å². The standard InChI is InChI=1S/C29H30Cl4N2O2/c1-17(12-20(16-36)13-19-4-3-5-23(31)14-19)29(37)27-18(2)28(21-6-8-22(30)9-7-21)35(34-27)26-11-10-24(32)15-25(26)33/h4,6-11,14-15,17-18,20,28,36H,3,5,12-13,16H2,1-2H3. The lowest BCUT2D eigenvalue weighted by Crippen LogP contribution is -2.30. The van der Waals surface area contributed by atoms with Crippen molar-refractivity contribution in [3.8, 4) is 0 Å². The fourth-order valence-corrected chi connectivity index (χ4v) is 6.02. The average Bonchev–Trinajstić information content (AvgIpc) is 3.20. The van der Waals surface area contributed by atoms with Crippen LogP contribution in [0.4, 0.5) is 5.69 Å². The monoisotopic (exact) mass is 578 g/mol. The number of hydrazone groups is 1. The van der Waals surface area contributed by atoms with E-state index in [1.165, 1.54) is 0 Å². The van der Waals surface area contributed by atoms with Gasteiger partial charge in [0.1, 0.15) is 5.71 Å². The minimum absolute atomic E-state index is 0.00234. The number of halogens is 4. The van der Waals surface area contributed by atoms with Crippen LogP contribution < -0.4 is 5.01 Å². The van der Waals surface area contributed by atoms with Crippen molar-refractivity contribution in [1.82, 2.24) is 0 Å². The number of carbonyl (C=O) groups excluding carboxylic acids is 1. The molecule has 37 heavy (non-hydrogen) atoms. The van der Waals surface area contributed by atoms with Gasteiger partial charge in [0.15, 0.2) is 5.78 Å². The van der Waals surface area contributed by atoms with E-state index in [1.807, 2.05) is 55.3 Å². The van der Waals surface area contributed by atoms with Crippen LogP contribution in [0.15, 0.2) is 70.3 Å². The van der Waals surface area contributed by atoms with Gasteiger partial charge in [-0.15, -0.1) is 0 Å². The molecule has 0 aromatic heterocycles. The molecule has 0 saturated carbocycles. The minimum atomic E-state index is -0.312. The van der Waals surface area contributed by atoms with Crippen LogP contribution in [0.25, 0.3) is 0 Å². The molecule has 0 amide bonds. The van der Waals surface area contributed by atoms with Crippen molar-refractivity contribution in [2.75, 3.05) is 11.6 Å². The van der Waals surface area contributed by atoms with Gasteiger partial charge in [0.25, 0.3) is 0 Å². The molecule has 196 valence electrons. The van der Waals surface area contributed by atoms with Crippen molar-refractivity contribution in [2.24, 2.45) is 22.9 Å². The van der Waals surface area contributed by atoms with Crippen LogP contribution in [-0.4, -0.2) is 23.2 Å². The fourth-order valence-electron chi connectivity index (χ4n) is 5.15. The molecule has 0 bridgehead atoms. The number of hydrogen-bond donors (Lipinski definition) is 1. The topological polar surface area (TPSA) is 52.9 Å². The van der Waals surface area contributed by atoms with Crippen molar-refractivity contribution in [2.45, 2.75) is 45.6 Å². The maximum absolute atomic E-state index is 13.7. The maximum atomic E-state index is 13.7. The number of allylic oxidation sites excluding steroid dienone is 4. The molecule has 2 aromatic carbocycles. The summed E-state index contributed by atoms with van der Waals surface area (Å²) in [5.41, 5.74) is 3.26. The Bertz CT molecular complexity index is 1240. The number of ketones is 1. The SMILES string of the molecule is CC(CC(CO)CC1=CCCC(Cl)=C1)C(=O)C1=NN(c2ccc(Cl)cc2Cl)C(c2ccc(Cl)cc2)C1C. The van der Waals surface area contributed by atoms with Gasteiger partial charge in [-0.05, 0) is 73.6 Å². The molecule has 8 heteroatoms. The first-order valence-corrected chi connectivity index (χ1v) is 14.0. The highest BCUT2D eigenvalue weighted by atomic mass is 35.5. The molecule has 2 aliphatic rings. The van der Waals surface area contributed by atoms with Crippen LogP contribution in [0.3, 0.4) is 0 Å². The molecule has 1 aliphatic heterocycles. The van der Waals surface area contributed by atoms with E-state index in [2.05, 4.69) is 6.08 Å². The predicted molar refractivity (Wildman–Crippen MR) is 155 cm³/mol. The zero-order chi connectivity index (χ0) is 26.7. The Kier molecular flexibility index (Phi) is 9.42. The van der Waals surface area contributed by atoms with E-state index in [4.69, 9.17) is 51.5 Å². The largest absolute Gasteiger partial charge is 0.396 e. The van der Waals surface area contributed by atoms with Gasteiger partial charge in [0.05, 0.1) is 16.8 Å². The van der Waals surface area contributed by atoms with E-state index < -0.39 is 0 Å². The first-order valence-electron chi connectivity index (χ1n) is 12.5. The Morgan fingerprint density at radius 2 is 1.81 bits per heavy atom. The van der Waals surface area contributed by atoms with Crippen LogP contribution in [0, 0.1) is 17.8 Å². The van der Waals surface area contributed by atoms with Crippen LogP contribution in [0.5, 0.6) is 0 Å². The highest BCUT2D eigenvalue weighted by Crippen LogP contribution is 2.43. The van der Waals surface area contributed by atoms with Crippen molar-refractivity contribution >= 4 is 63.6 Å². The summed E-state index contributed by atoms with van der Waals surface area (Å²) in [7, 11) is 0. The smallest absolute Gasteiger partial charge is 0.182 e. The van der Waals surface area contributed by atoms with E-state index in [9.17, 15) is 9.90 Å². The molecule has 2 aromatic rings. The Morgan fingerprint density at radius 3 is 2.46 bits per heavy atom. The quantitative estimate of drug-likeness (QED) is 0.323. The van der Waals surface area contributed by atoms with E-state index in [0.717, 1.165) is 29.0 Å². The molecule has 0 radical (unpaired) electrons. The normalized spacial score (nSPS) is 21.3. The Morgan fingerprint density at radius 1 is 1.11 bits per heavy atom. The van der Waals surface area contributed by atoms with Gasteiger partial charge in [-0.25, -0.2) is 0 Å². The molecule has 4 nitrogen and oxygen atoms in total. The maximum Gasteiger partial charge on any atom is 0.182 e. The Labute approximate surface area is 238 Å². The Hall–Kier alpha value is -1.82. The Balaban J connectivity index is 1.59. The zero-order valence-electron chi connectivity index (χ0n) is 20.8. The molecule has 0 spiro atoms. The van der Waals surface area contributed by atoms with Gasteiger partial charge in [0.2, 0.25) is 0 Å². The molecule has 4 atom stereocenters. The second-order valence-corrected chi connectivity index (χ2v) is 11.6. The first-order chi connectivity index (χ1) is 17.7. The molecule has 0 saturated heterocycles. The predicted octanol–water partition coefficient (Wildman–Crippen LogP) is 8.64. The zero-order valence-corrected chi connectivity index (χ0v) is 23.8. The third-order valence-corrected chi connectivity index (χ3v) is 8.14. The summed E-state index contributed by atoms with van der Waals surface area (Å²) < 4.78 is 0. The van der Waals surface area contributed by atoms with Crippen LogP contribution in [0.2, 0.25) is 15.1 Å². The lowest BCUT2D eigenvalue weighted by atomic mass is 9.82. The first kappa shape index (κ1) is 28.2. The summed E-state index contributed by atoms with van der Waals surface area (Å²) in [5.74, 6) is -0.578. The summed E-state index contributed by atoms with van der Waals surface area (Å²) in [6.07, 6.45) is 7.14. The van der Waals surface area contributed by atoms with Gasteiger partial charge in [-0.3, -0.25) is 9.80 Å². The highest BCUT2D eigenvalue weighted by Gasteiger charge is 2.41. The van der Waals surface area contributed by atoms with Gasteiger partial charge in [-0.1, -0.05) is 84.0 Å². The summed E-state index contributed by atoms with van der Waals surface area (Å²) in [6.45, 7) is 3.92. The summed E-state index contributed by atoms with van der Waals surface area (Å²) in [6, 6.07) is 12.6. The second kappa shape index (κ2) is 12.4. The number of carbonyl (C=O) groups is 1. The highest BCUT2D eigenvalue weighted by molar-refractivity contribution is 6.42. The molecule has 1 heterocycles. The number of rotatable bonds is 9. The number of nitrogens with zero attached hydrogens (tertiary/aromatic N) is 2. The molecule has 4 rings (SSSR count). The third kappa shape index (κ3) is 6.61. The van der Waals surface area contributed by atoms with Crippen LogP contribution in [0.1, 0.15) is 51.1 Å². The van der Waals surface area contributed by atoms with Crippen molar-refractivity contribution in [3.05, 3.63) is 85.9 Å². The molecule has 1 aliphatic carbocycles. The lowest BCUT2D eigenvalue weighted by molar-refractivity contribution is -0.116.